The quantitative estimate of drug-likeness (QED) is 0.498. The van der Waals surface area contributed by atoms with Crippen molar-refractivity contribution in [3.05, 3.63) is 30.1 Å². The van der Waals surface area contributed by atoms with E-state index >= 15 is 0 Å². The van der Waals surface area contributed by atoms with Gasteiger partial charge in [0.1, 0.15) is 6.29 Å². The van der Waals surface area contributed by atoms with E-state index in [0.717, 1.165) is 52.0 Å². The summed E-state index contributed by atoms with van der Waals surface area (Å²) >= 11 is 0. The molecule has 5 heteroatoms. The van der Waals surface area contributed by atoms with Crippen LogP contribution < -0.4 is 0 Å². The van der Waals surface area contributed by atoms with Crippen molar-refractivity contribution in [2.75, 3.05) is 32.8 Å². The number of pyridine rings is 1. The summed E-state index contributed by atoms with van der Waals surface area (Å²) < 4.78 is 5.22. The van der Waals surface area contributed by atoms with Crippen molar-refractivity contribution in [1.29, 1.82) is 5.41 Å². The van der Waals surface area contributed by atoms with Crippen molar-refractivity contribution in [2.24, 2.45) is 0 Å². The Balaban J connectivity index is 0.000000200. The number of ether oxygens (including phenoxy) is 1. The Bertz CT molecular complexity index is 351. The van der Waals surface area contributed by atoms with Crippen molar-refractivity contribution in [1.82, 2.24) is 9.88 Å². The number of nitrogens with zero attached hydrogens (tertiary/aromatic N) is 2. The first-order valence-electron chi connectivity index (χ1n) is 6.51. The molecule has 2 heterocycles. The molecule has 0 saturated carbocycles. The SMILES string of the molecule is N=CCCCN1CCOCC1.O=Cc1ccncc1. The molecule has 0 amide bonds. The highest BCUT2D eigenvalue weighted by atomic mass is 16.5. The van der Waals surface area contributed by atoms with E-state index in [4.69, 9.17) is 10.1 Å². The van der Waals surface area contributed by atoms with Gasteiger partial charge in [-0.15, -0.1) is 0 Å². The first-order valence-corrected chi connectivity index (χ1v) is 6.51. The number of morpholine rings is 1. The van der Waals surface area contributed by atoms with Crippen LogP contribution in [-0.4, -0.2) is 55.2 Å². The molecule has 1 fully saturated rings. The second-order valence-electron chi connectivity index (χ2n) is 4.20. The smallest absolute Gasteiger partial charge is 0.150 e. The zero-order chi connectivity index (χ0) is 13.8. The van der Waals surface area contributed by atoms with Gasteiger partial charge in [-0.25, -0.2) is 0 Å². The van der Waals surface area contributed by atoms with Crippen LogP contribution in [0.25, 0.3) is 0 Å². The maximum atomic E-state index is 9.98. The lowest BCUT2D eigenvalue weighted by atomic mass is 10.3. The van der Waals surface area contributed by atoms with Crippen LogP contribution in [0.5, 0.6) is 0 Å². The minimum absolute atomic E-state index is 0.667. The number of hydrogen-bond donors (Lipinski definition) is 1. The van der Waals surface area contributed by atoms with E-state index in [1.807, 2.05) is 0 Å². The molecule has 1 aromatic rings. The second-order valence-corrected chi connectivity index (χ2v) is 4.20. The van der Waals surface area contributed by atoms with Crippen LogP contribution in [0.4, 0.5) is 0 Å². The number of carbonyl (C=O) groups excluding carboxylic acids is 1. The van der Waals surface area contributed by atoms with Gasteiger partial charge in [-0.2, -0.15) is 0 Å². The number of aldehydes is 1. The topological polar surface area (TPSA) is 66.3 Å². The zero-order valence-corrected chi connectivity index (χ0v) is 11.1. The van der Waals surface area contributed by atoms with E-state index in [1.54, 1.807) is 24.5 Å². The molecule has 0 bridgehead atoms. The third-order valence-electron chi connectivity index (χ3n) is 2.77. The fourth-order valence-electron chi connectivity index (χ4n) is 1.68. The van der Waals surface area contributed by atoms with Crippen LogP contribution in [0.3, 0.4) is 0 Å². The van der Waals surface area contributed by atoms with E-state index in [1.165, 1.54) is 6.21 Å². The average Bonchev–Trinajstić information content (AvgIpc) is 2.50. The molecule has 1 saturated heterocycles. The van der Waals surface area contributed by atoms with Gasteiger partial charge in [-0.05, 0) is 37.7 Å². The Labute approximate surface area is 114 Å². The van der Waals surface area contributed by atoms with Crippen molar-refractivity contribution in [3.63, 3.8) is 0 Å². The lowest BCUT2D eigenvalue weighted by molar-refractivity contribution is 0.0377. The molecule has 2 rings (SSSR count). The molecule has 104 valence electrons. The highest BCUT2D eigenvalue weighted by molar-refractivity contribution is 5.73. The lowest BCUT2D eigenvalue weighted by Crippen LogP contribution is -2.36. The summed E-state index contributed by atoms with van der Waals surface area (Å²) in [6, 6.07) is 3.32. The third-order valence-corrected chi connectivity index (χ3v) is 2.77. The summed E-state index contributed by atoms with van der Waals surface area (Å²) in [7, 11) is 0. The molecule has 0 unspecified atom stereocenters. The Hall–Kier alpha value is -1.59. The molecule has 0 aromatic carbocycles. The van der Waals surface area contributed by atoms with Gasteiger partial charge in [0.05, 0.1) is 13.2 Å². The Morgan fingerprint density at radius 3 is 2.53 bits per heavy atom. The average molecular weight is 263 g/mol. The van der Waals surface area contributed by atoms with E-state index < -0.39 is 0 Å². The molecule has 19 heavy (non-hydrogen) atoms. The van der Waals surface area contributed by atoms with Crippen LogP contribution in [0.1, 0.15) is 23.2 Å². The van der Waals surface area contributed by atoms with Crippen LogP contribution in [0, 0.1) is 5.41 Å². The maximum absolute atomic E-state index is 9.98. The zero-order valence-electron chi connectivity index (χ0n) is 11.1. The predicted molar refractivity (Wildman–Crippen MR) is 74.9 cm³/mol. The molecule has 0 radical (unpaired) electrons. The first-order chi connectivity index (χ1) is 9.36. The van der Waals surface area contributed by atoms with E-state index in [0.29, 0.717) is 5.56 Å². The fraction of sp³-hybridized carbons (Fsp3) is 0.500. The number of carbonyl (C=O) groups is 1. The van der Waals surface area contributed by atoms with Gasteiger partial charge < -0.3 is 10.1 Å². The summed E-state index contributed by atoms with van der Waals surface area (Å²) in [5, 5.41) is 6.85. The van der Waals surface area contributed by atoms with Crippen molar-refractivity contribution in [3.8, 4) is 0 Å². The van der Waals surface area contributed by atoms with Gasteiger partial charge in [0, 0.05) is 31.0 Å². The summed E-state index contributed by atoms with van der Waals surface area (Å²) in [5.74, 6) is 0. The van der Waals surface area contributed by atoms with Crippen molar-refractivity contribution < 1.29 is 9.53 Å². The monoisotopic (exact) mass is 263 g/mol. The van der Waals surface area contributed by atoms with E-state index in [2.05, 4.69) is 9.88 Å². The van der Waals surface area contributed by atoms with Crippen LogP contribution in [-0.2, 0) is 4.74 Å². The molecular formula is C14H21N3O2. The van der Waals surface area contributed by atoms with Crippen molar-refractivity contribution >= 4 is 12.5 Å². The normalized spacial score (nSPS) is 15.2. The standard InChI is InChI=1S/C8H16N2O.C6H5NO/c9-3-1-2-4-10-5-7-11-8-6-10;8-5-6-1-3-7-4-2-6/h3,9H,1-2,4-8H2;1-5H. The lowest BCUT2D eigenvalue weighted by Gasteiger charge is -2.26. The number of unbranched alkanes of at least 4 members (excludes halogenated alkanes) is 1. The third kappa shape index (κ3) is 7.43. The van der Waals surface area contributed by atoms with E-state index in [-0.39, 0.29) is 0 Å². The van der Waals surface area contributed by atoms with Gasteiger partial charge in [-0.3, -0.25) is 14.7 Å². The number of aromatic nitrogens is 1. The minimum Gasteiger partial charge on any atom is -0.379 e. The highest BCUT2D eigenvalue weighted by Gasteiger charge is 2.08. The van der Waals surface area contributed by atoms with Gasteiger partial charge in [0.25, 0.3) is 0 Å². The molecular weight excluding hydrogens is 242 g/mol. The molecule has 0 atom stereocenters. The van der Waals surface area contributed by atoms with Gasteiger partial charge >= 0.3 is 0 Å². The predicted octanol–water partition coefficient (Wildman–Crippen LogP) is 1.64. The van der Waals surface area contributed by atoms with Crippen LogP contribution in [0.2, 0.25) is 0 Å². The summed E-state index contributed by atoms with van der Waals surface area (Å²) in [4.78, 5) is 16.1. The minimum atomic E-state index is 0.667. The Morgan fingerprint density at radius 2 is 2.00 bits per heavy atom. The summed E-state index contributed by atoms with van der Waals surface area (Å²) in [6.45, 7) is 5.02. The van der Waals surface area contributed by atoms with Gasteiger partial charge in [0.2, 0.25) is 0 Å². The molecule has 0 spiro atoms. The largest absolute Gasteiger partial charge is 0.379 e. The van der Waals surface area contributed by atoms with Gasteiger partial charge in [0.15, 0.2) is 0 Å². The number of rotatable bonds is 5. The molecule has 0 aliphatic carbocycles. The summed E-state index contributed by atoms with van der Waals surface area (Å²) in [5.41, 5.74) is 0.667. The van der Waals surface area contributed by atoms with Crippen LogP contribution >= 0.6 is 0 Å². The molecule has 1 aromatic heterocycles. The van der Waals surface area contributed by atoms with E-state index in [9.17, 15) is 4.79 Å². The van der Waals surface area contributed by atoms with Crippen LogP contribution in [0.15, 0.2) is 24.5 Å². The van der Waals surface area contributed by atoms with Crippen molar-refractivity contribution in [2.45, 2.75) is 12.8 Å². The van der Waals surface area contributed by atoms with Gasteiger partial charge in [-0.1, -0.05) is 0 Å². The first kappa shape index (κ1) is 15.5. The molecule has 1 N–H and O–H groups in total. The fourth-order valence-corrected chi connectivity index (χ4v) is 1.68. The molecule has 1 aliphatic rings. The number of hydrogen-bond acceptors (Lipinski definition) is 5. The summed E-state index contributed by atoms with van der Waals surface area (Å²) in [6.07, 6.45) is 7.48. The number of nitrogens with one attached hydrogen (secondary N) is 1. The highest BCUT2D eigenvalue weighted by Crippen LogP contribution is 1.98. The second kappa shape index (κ2) is 10.3. The molecule has 5 nitrogen and oxygen atoms in total. The molecule has 1 aliphatic heterocycles. The maximum Gasteiger partial charge on any atom is 0.150 e. The Morgan fingerprint density at radius 1 is 1.32 bits per heavy atom. The Kier molecular flexibility index (Phi) is 8.42.